The van der Waals surface area contributed by atoms with E-state index in [9.17, 15) is 34.8 Å². The van der Waals surface area contributed by atoms with Crippen LogP contribution < -0.4 is 5.73 Å². The number of aliphatic hydroxyl groups excluding tert-OH is 3. The summed E-state index contributed by atoms with van der Waals surface area (Å²) in [6, 6.07) is 3.17. The lowest BCUT2D eigenvalue weighted by molar-refractivity contribution is -0.128. The predicted octanol–water partition coefficient (Wildman–Crippen LogP) is 1.65. The second-order valence-corrected chi connectivity index (χ2v) is 8.59. The smallest absolute Gasteiger partial charge is 0.255 e. The van der Waals surface area contributed by atoms with Crippen LogP contribution in [0.5, 0.6) is 5.75 Å². The Morgan fingerprint density at radius 3 is 2.58 bits per heavy atom. The van der Waals surface area contributed by atoms with Gasteiger partial charge in [-0.15, -0.1) is 0 Å². The molecule has 1 heterocycles. The second kappa shape index (κ2) is 7.04. The minimum Gasteiger partial charge on any atom is -0.511 e. The molecule has 3 aliphatic rings. The number of rotatable bonds is 2. The molecular weight excluding hydrogens is 432 g/mol. The average molecular weight is 452 g/mol. The van der Waals surface area contributed by atoms with Crippen molar-refractivity contribution in [2.45, 2.75) is 25.4 Å². The Morgan fingerprint density at radius 2 is 1.94 bits per heavy atom. The van der Waals surface area contributed by atoms with Gasteiger partial charge in [0.25, 0.3) is 5.91 Å². The Kier molecular flexibility index (Phi) is 4.47. The Morgan fingerprint density at radius 1 is 1.21 bits per heavy atom. The van der Waals surface area contributed by atoms with Crippen molar-refractivity contribution in [3.8, 4) is 17.2 Å². The number of Topliss-reactive ketones (excluding diaryl/α,β-unsaturated/α-hetero) is 2. The van der Waals surface area contributed by atoms with Crippen LogP contribution in [0, 0.1) is 17.8 Å². The zero-order valence-electron chi connectivity index (χ0n) is 17.3. The van der Waals surface area contributed by atoms with E-state index < -0.39 is 70.1 Å². The van der Waals surface area contributed by atoms with E-state index in [1.807, 2.05) is 0 Å². The minimum atomic E-state index is -1.42. The molecule has 10 heteroatoms. The van der Waals surface area contributed by atoms with Crippen molar-refractivity contribution in [1.82, 2.24) is 4.98 Å². The standard InChI is InChI=1S/C23H20N2O8/c1-7-8-2-3-9(23-25-4-5-33-23)17(27)13(8)20(30)16-12(7)18(28)10-6-11(26)15(22(24)32)19(29)14(10)21(16)31/h2-5,7,10,12,14,18,26-28,31H,6H2,1H3,(H2,24,32)/t7?,10-,12+,14?,18+/m0/s1. The zero-order chi connectivity index (χ0) is 23.8. The number of phenolic OH excluding ortho intramolecular Hbond substituents is 1. The summed E-state index contributed by atoms with van der Waals surface area (Å²) in [5, 5.41) is 43.4. The third-order valence-electron chi connectivity index (χ3n) is 7.01. The quantitative estimate of drug-likeness (QED) is 0.423. The van der Waals surface area contributed by atoms with Gasteiger partial charge in [-0.05, 0) is 17.5 Å². The number of phenols is 1. The fraction of sp³-hybridized carbons (Fsp3) is 0.304. The number of primary amides is 1. The van der Waals surface area contributed by atoms with Crippen molar-refractivity contribution >= 4 is 17.5 Å². The fourth-order valence-electron chi connectivity index (χ4n) is 5.51. The SMILES string of the molecule is CC1c2ccc(-c3ncco3)c(O)c2C(=O)C2=C(O)C3C(=O)C(C(N)=O)=C(O)C[C@@H]3[C@@H](O)[C@@H]21. The topological polar surface area (TPSA) is 184 Å². The Hall–Kier alpha value is -3.92. The van der Waals surface area contributed by atoms with E-state index >= 15 is 0 Å². The number of hydrogen-bond acceptors (Lipinski definition) is 9. The molecule has 0 spiro atoms. The first-order valence-corrected chi connectivity index (χ1v) is 10.3. The van der Waals surface area contributed by atoms with Crippen LogP contribution in [-0.4, -0.2) is 49.0 Å². The van der Waals surface area contributed by atoms with Crippen LogP contribution in [0.1, 0.15) is 35.2 Å². The summed E-state index contributed by atoms with van der Waals surface area (Å²) in [5.41, 5.74) is 4.90. The number of benzene rings is 1. The molecule has 5 rings (SSSR count). The van der Waals surface area contributed by atoms with Gasteiger partial charge in [-0.3, -0.25) is 14.4 Å². The van der Waals surface area contributed by atoms with Crippen molar-refractivity contribution in [2.24, 2.45) is 23.5 Å². The van der Waals surface area contributed by atoms with Crippen LogP contribution >= 0.6 is 0 Å². The molecule has 33 heavy (non-hydrogen) atoms. The Labute approximate surface area is 186 Å². The largest absolute Gasteiger partial charge is 0.511 e. The lowest BCUT2D eigenvalue weighted by atomic mass is 9.58. The maximum Gasteiger partial charge on any atom is 0.255 e. The molecule has 1 aromatic heterocycles. The Balaban J connectivity index is 1.70. The van der Waals surface area contributed by atoms with Gasteiger partial charge in [0.1, 0.15) is 29.1 Å². The number of nitrogens with two attached hydrogens (primary N) is 1. The monoisotopic (exact) mass is 452 g/mol. The molecule has 0 radical (unpaired) electrons. The third-order valence-corrected chi connectivity index (χ3v) is 7.01. The number of carbonyl (C=O) groups is 3. The van der Waals surface area contributed by atoms with Gasteiger partial charge in [0, 0.05) is 23.8 Å². The first-order valence-electron chi connectivity index (χ1n) is 10.3. The Bertz CT molecular complexity index is 1290. The molecule has 0 bridgehead atoms. The molecule has 0 fully saturated rings. The highest BCUT2D eigenvalue weighted by atomic mass is 16.3. The van der Waals surface area contributed by atoms with Gasteiger partial charge >= 0.3 is 0 Å². The number of carbonyl (C=O) groups excluding carboxylic acids is 3. The number of fused-ring (bicyclic) bond motifs is 3. The van der Waals surface area contributed by atoms with E-state index in [1.54, 1.807) is 19.1 Å². The first kappa shape index (κ1) is 21.0. The van der Waals surface area contributed by atoms with Crippen molar-refractivity contribution < 1.29 is 39.2 Å². The molecule has 0 aliphatic heterocycles. The van der Waals surface area contributed by atoms with Gasteiger partial charge in [0.05, 0.1) is 29.3 Å². The molecule has 1 amide bonds. The van der Waals surface area contributed by atoms with E-state index in [0.29, 0.717) is 5.56 Å². The number of allylic oxidation sites excluding steroid dienone is 2. The summed E-state index contributed by atoms with van der Waals surface area (Å²) in [6.07, 6.45) is 1.15. The van der Waals surface area contributed by atoms with E-state index in [2.05, 4.69) is 4.98 Å². The van der Waals surface area contributed by atoms with Crippen molar-refractivity contribution in [3.63, 3.8) is 0 Å². The molecule has 5 atom stereocenters. The highest BCUT2D eigenvalue weighted by Crippen LogP contribution is 2.54. The fourth-order valence-corrected chi connectivity index (χ4v) is 5.51. The van der Waals surface area contributed by atoms with Gasteiger partial charge in [0.15, 0.2) is 11.6 Å². The highest BCUT2D eigenvalue weighted by molar-refractivity contribution is 6.22. The van der Waals surface area contributed by atoms with Crippen LogP contribution in [-0.2, 0) is 9.59 Å². The van der Waals surface area contributed by atoms with Crippen molar-refractivity contribution in [3.05, 3.63) is 58.4 Å². The molecule has 6 N–H and O–H groups in total. The maximum atomic E-state index is 13.6. The highest BCUT2D eigenvalue weighted by Gasteiger charge is 2.56. The normalized spacial score (nSPS) is 29.0. The zero-order valence-corrected chi connectivity index (χ0v) is 17.3. The third kappa shape index (κ3) is 2.70. The van der Waals surface area contributed by atoms with Crippen LogP contribution in [0.15, 0.2) is 51.7 Å². The number of aromatic hydroxyl groups is 1. The summed E-state index contributed by atoms with van der Waals surface area (Å²) < 4.78 is 5.23. The van der Waals surface area contributed by atoms with Gasteiger partial charge < -0.3 is 30.6 Å². The predicted molar refractivity (Wildman–Crippen MR) is 111 cm³/mol. The number of aliphatic hydroxyl groups is 3. The summed E-state index contributed by atoms with van der Waals surface area (Å²) in [7, 11) is 0. The van der Waals surface area contributed by atoms with Gasteiger partial charge in [-0.2, -0.15) is 0 Å². The molecule has 0 saturated heterocycles. The molecule has 3 aliphatic carbocycles. The summed E-state index contributed by atoms with van der Waals surface area (Å²) >= 11 is 0. The number of oxazole rings is 1. The molecule has 170 valence electrons. The van der Waals surface area contributed by atoms with Gasteiger partial charge in [0.2, 0.25) is 5.89 Å². The van der Waals surface area contributed by atoms with Crippen LogP contribution in [0.25, 0.3) is 11.5 Å². The molecule has 10 nitrogen and oxygen atoms in total. The van der Waals surface area contributed by atoms with Crippen molar-refractivity contribution in [1.29, 1.82) is 0 Å². The van der Waals surface area contributed by atoms with Crippen LogP contribution in [0.3, 0.4) is 0 Å². The number of ketones is 2. The van der Waals surface area contributed by atoms with Crippen LogP contribution in [0.4, 0.5) is 0 Å². The number of hydrogen-bond donors (Lipinski definition) is 5. The van der Waals surface area contributed by atoms with Crippen molar-refractivity contribution in [2.75, 3.05) is 0 Å². The summed E-state index contributed by atoms with van der Waals surface area (Å²) in [5.74, 6) is -8.10. The summed E-state index contributed by atoms with van der Waals surface area (Å²) in [4.78, 5) is 42.2. The lowest BCUT2D eigenvalue weighted by Gasteiger charge is -2.46. The molecule has 2 aromatic rings. The molecular formula is C23H20N2O8. The lowest BCUT2D eigenvalue weighted by Crippen LogP contribution is -2.51. The first-order chi connectivity index (χ1) is 15.6. The number of aromatic nitrogens is 1. The average Bonchev–Trinajstić information content (AvgIpc) is 3.28. The van der Waals surface area contributed by atoms with E-state index in [4.69, 9.17) is 10.2 Å². The van der Waals surface area contributed by atoms with Gasteiger partial charge in [-0.25, -0.2) is 4.98 Å². The minimum absolute atomic E-state index is 0.0848. The van der Waals surface area contributed by atoms with E-state index in [0.717, 1.165) is 0 Å². The second-order valence-electron chi connectivity index (χ2n) is 8.59. The van der Waals surface area contributed by atoms with Gasteiger partial charge in [-0.1, -0.05) is 13.0 Å². The van der Waals surface area contributed by atoms with E-state index in [-0.39, 0.29) is 29.0 Å². The van der Waals surface area contributed by atoms with Crippen LogP contribution in [0.2, 0.25) is 0 Å². The summed E-state index contributed by atoms with van der Waals surface area (Å²) in [6.45, 7) is 1.73. The number of amides is 1. The number of nitrogens with zero attached hydrogens (tertiary/aromatic N) is 1. The van der Waals surface area contributed by atoms with E-state index in [1.165, 1.54) is 12.5 Å². The molecule has 2 unspecified atom stereocenters. The molecule has 1 aromatic carbocycles. The maximum absolute atomic E-state index is 13.6. The molecule has 0 saturated carbocycles.